The molecular formula is C30H33BrINO4Si. The van der Waals surface area contributed by atoms with Crippen LogP contribution in [0.15, 0.2) is 71.2 Å². The van der Waals surface area contributed by atoms with Gasteiger partial charge in [0.1, 0.15) is 5.75 Å². The summed E-state index contributed by atoms with van der Waals surface area (Å²) in [5.41, 5.74) is 1.92. The van der Waals surface area contributed by atoms with Crippen LogP contribution in [0.4, 0.5) is 5.69 Å². The largest absolute Gasteiger partial charge is 0.497 e. The van der Waals surface area contributed by atoms with E-state index in [-0.39, 0.29) is 30.1 Å². The Morgan fingerprint density at radius 1 is 1.11 bits per heavy atom. The monoisotopic (exact) mass is 705 g/mol. The number of carbonyl (C=O) groups excluding carboxylic acids is 1. The van der Waals surface area contributed by atoms with Crippen molar-refractivity contribution in [2.45, 2.75) is 50.2 Å². The van der Waals surface area contributed by atoms with Crippen molar-refractivity contribution in [1.29, 1.82) is 0 Å². The molecule has 2 heterocycles. The first-order chi connectivity index (χ1) is 18.1. The molecule has 0 aliphatic carbocycles. The number of amides is 1. The molecule has 1 saturated heterocycles. The Labute approximate surface area is 247 Å². The van der Waals surface area contributed by atoms with Crippen LogP contribution in [0.1, 0.15) is 24.5 Å². The topological polar surface area (TPSA) is 59.0 Å². The van der Waals surface area contributed by atoms with Crippen LogP contribution >= 0.6 is 38.5 Å². The number of rotatable bonds is 7. The number of aliphatic hydroxyl groups excluding tert-OH is 1. The number of aliphatic hydroxyl groups is 1. The molecular weight excluding hydrogens is 673 g/mol. The molecule has 3 aromatic carbocycles. The van der Waals surface area contributed by atoms with Crippen molar-refractivity contribution >= 4 is 63.4 Å². The van der Waals surface area contributed by atoms with Crippen LogP contribution in [0.2, 0.25) is 18.6 Å². The van der Waals surface area contributed by atoms with Crippen molar-refractivity contribution in [2.24, 2.45) is 5.92 Å². The number of anilines is 1. The van der Waals surface area contributed by atoms with Gasteiger partial charge in [0.15, 0.2) is 5.60 Å². The Hall–Kier alpha value is -1.72. The maximum absolute atomic E-state index is 14.5. The third-order valence-corrected chi connectivity index (χ3v) is 14.0. The first kappa shape index (κ1) is 27.8. The fourth-order valence-corrected chi connectivity index (χ4v) is 11.4. The lowest BCUT2D eigenvalue weighted by atomic mass is 9.82. The summed E-state index contributed by atoms with van der Waals surface area (Å²) >= 11 is 5.95. The number of nitrogens with zero attached hydrogens (tertiary/aromatic N) is 1. The summed E-state index contributed by atoms with van der Waals surface area (Å²) < 4.78 is 14.4. The van der Waals surface area contributed by atoms with Gasteiger partial charge in [0, 0.05) is 26.1 Å². The predicted octanol–water partition coefficient (Wildman–Crippen LogP) is 6.21. The van der Waals surface area contributed by atoms with Gasteiger partial charge < -0.3 is 19.5 Å². The lowest BCUT2D eigenvalue weighted by Crippen LogP contribution is -2.51. The molecule has 0 saturated carbocycles. The van der Waals surface area contributed by atoms with Gasteiger partial charge in [-0.15, -0.1) is 0 Å². The van der Waals surface area contributed by atoms with Gasteiger partial charge in [-0.2, -0.15) is 0 Å². The Bertz CT molecular complexity index is 1330. The van der Waals surface area contributed by atoms with E-state index < -0.39 is 13.7 Å². The van der Waals surface area contributed by atoms with Gasteiger partial charge in [-0.25, -0.2) is 0 Å². The molecule has 8 heteroatoms. The smallest absolute Gasteiger partial charge is 0.264 e. The van der Waals surface area contributed by atoms with Crippen molar-refractivity contribution in [3.05, 3.63) is 85.9 Å². The second kappa shape index (κ2) is 10.7. The number of hydrogen-bond donors (Lipinski definition) is 1. The number of methoxy groups -OCH3 is 1. The fraction of sp³-hybridized carbons (Fsp3) is 0.367. The van der Waals surface area contributed by atoms with Crippen LogP contribution in [0.5, 0.6) is 5.75 Å². The summed E-state index contributed by atoms with van der Waals surface area (Å²) in [6.45, 7) is 7.39. The molecule has 0 unspecified atom stereocenters. The minimum Gasteiger partial charge on any atom is -0.497 e. The SMILES string of the molecule is COc1ccc([Si](C)(C)[C@H]2[C@H](CCO)O[C@@]3(C(=O)N(Cc4ccc(I)cc4)c4ccc(Br)cc43)[C@@H]2C)cc1. The normalized spacial score (nSPS) is 24.8. The second-order valence-corrected chi connectivity index (χ2v) is 17.7. The van der Waals surface area contributed by atoms with Crippen LogP contribution in [0.25, 0.3) is 0 Å². The van der Waals surface area contributed by atoms with Gasteiger partial charge >= 0.3 is 0 Å². The number of carbonyl (C=O) groups is 1. The molecule has 2 aliphatic rings. The predicted molar refractivity (Wildman–Crippen MR) is 166 cm³/mol. The van der Waals surface area contributed by atoms with E-state index in [4.69, 9.17) is 9.47 Å². The van der Waals surface area contributed by atoms with Crippen LogP contribution in [-0.4, -0.2) is 38.9 Å². The van der Waals surface area contributed by atoms with E-state index in [1.807, 2.05) is 29.2 Å². The molecule has 5 rings (SSSR count). The zero-order valence-corrected chi connectivity index (χ0v) is 26.8. The first-order valence-electron chi connectivity index (χ1n) is 12.9. The molecule has 3 aromatic rings. The third kappa shape index (κ3) is 4.56. The second-order valence-electron chi connectivity index (χ2n) is 10.8. The summed E-state index contributed by atoms with van der Waals surface area (Å²) in [6, 6.07) is 22.7. The van der Waals surface area contributed by atoms with Gasteiger partial charge in [-0.3, -0.25) is 4.79 Å². The number of halogens is 2. The van der Waals surface area contributed by atoms with Crippen molar-refractivity contribution in [3.8, 4) is 5.75 Å². The average Bonchev–Trinajstić information content (AvgIpc) is 3.32. The standard InChI is InChI=1S/C30H33BrINO4Si/c1-19-28(38(3,4)24-12-10-23(36-2)11-13-24)27(15-16-34)37-30(19)25-17-21(31)7-14-26(25)33(29(30)35)18-20-5-8-22(32)9-6-20/h5-14,17,19,27-28,34H,15-16,18H2,1-4H3/t19-,27+,28-,30+/m1/s1. The van der Waals surface area contributed by atoms with Gasteiger partial charge in [0.25, 0.3) is 5.91 Å². The summed E-state index contributed by atoms with van der Waals surface area (Å²) in [4.78, 5) is 16.4. The highest BCUT2D eigenvalue weighted by atomic mass is 127. The first-order valence-corrected chi connectivity index (χ1v) is 17.9. The molecule has 0 radical (unpaired) electrons. The Kier molecular flexibility index (Phi) is 7.83. The molecule has 4 atom stereocenters. The maximum Gasteiger partial charge on any atom is 0.264 e. The van der Waals surface area contributed by atoms with E-state index in [0.717, 1.165) is 30.6 Å². The lowest BCUT2D eigenvalue weighted by molar-refractivity contribution is -0.146. The minimum atomic E-state index is -2.18. The Balaban J connectivity index is 1.60. The molecule has 5 nitrogen and oxygen atoms in total. The van der Waals surface area contributed by atoms with E-state index in [1.165, 1.54) is 5.19 Å². The van der Waals surface area contributed by atoms with E-state index in [2.05, 4.69) is 101 Å². The zero-order valence-electron chi connectivity index (χ0n) is 22.1. The van der Waals surface area contributed by atoms with Gasteiger partial charge in [0.05, 0.1) is 33.5 Å². The highest BCUT2D eigenvalue weighted by Crippen LogP contribution is 2.60. The molecule has 1 N–H and O–H groups in total. The lowest BCUT2D eigenvalue weighted by Gasteiger charge is -2.37. The number of hydrogen-bond acceptors (Lipinski definition) is 4. The van der Waals surface area contributed by atoms with Crippen molar-refractivity contribution < 1.29 is 19.4 Å². The van der Waals surface area contributed by atoms with Crippen LogP contribution in [0, 0.1) is 9.49 Å². The number of fused-ring (bicyclic) bond motifs is 2. The molecule has 1 fully saturated rings. The summed E-state index contributed by atoms with van der Waals surface area (Å²) in [6.07, 6.45) is 0.268. The van der Waals surface area contributed by atoms with Gasteiger partial charge in [-0.1, -0.05) is 65.4 Å². The molecule has 1 amide bonds. The van der Waals surface area contributed by atoms with Crippen LogP contribution < -0.4 is 14.8 Å². The number of ether oxygens (including phenoxy) is 2. The minimum absolute atomic E-state index is 0.0124. The van der Waals surface area contributed by atoms with Crippen molar-refractivity contribution in [2.75, 3.05) is 18.6 Å². The number of benzene rings is 3. The maximum atomic E-state index is 14.5. The van der Waals surface area contributed by atoms with E-state index in [9.17, 15) is 9.90 Å². The molecule has 200 valence electrons. The molecule has 0 bridgehead atoms. The molecule has 2 aliphatic heterocycles. The van der Waals surface area contributed by atoms with Crippen molar-refractivity contribution in [1.82, 2.24) is 0 Å². The summed E-state index contributed by atoms with van der Waals surface area (Å²) in [5, 5.41) is 11.3. The van der Waals surface area contributed by atoms with Gasteiger partial charge in [0.2, 0.25) is 0 Å². The average molecular weight is 706 g/mol. The highest BCUT2D eigenvalue weighted by Gasteiger charge is 2.66. The van der Waals surface area contributed by atoms with E-state index in [0.29, 0.717) is 13.0 Å². The summed E-state index contributed by atoms with van der Waals surface area (Å²) in [5.74, 6) is 0.736. The summed E-state index contributed by atoms with van der Waals surface area (Å²) in [7, 11) is -0.506. The Morgan fingerprint density at radius 3 is 2.42 bits per heavy atom. The quantitative estimate of drug-likeness (QED) is 0.235. The van der Waals surface area contributed by atoms with E-state index >= 15 is 0 Å². The Morgan fingerprint density at radius 2 is 1.79 bits per heavy atom. The fourth-order valence-electron chi connectivity index (χ4n) is 6.61. The molecule has 0 aromatic heterocycles. The van der Waals surface area contributed by atoms with Gasteiger partial charge in [-0.05, 0) is 82.6 Å². The highest BCUT2D eigenvalue weighted by molar-refractivity contribution is 14.1. The molecule has 38 heavy (non-hydrogen) atoms. The molecule has 1 spiro atoms. The van der Waals surface area contributed by atoms with Crippen LogP contribution in [0.3, 0.4) is 0 Å². The van der Waals surface area contributed by atoms with Crippen LogP contribution in [-0.2, 0) is 21.7 Å². The van der Waals surface area contributed by atoms with E-state index in [1.54, 1.807) is 7.11 Å². The van der Waals surface area contributed by atoms with Crippen molar-refractivity contribution in [3.63, 3.8) is 0 Å². The third-order valence-electron chi connectivity index (χ3n) is 8.47. The zero-order chi connectivity index (χ0) is 27.2.